The van der Waals surface area contributed by atoms with Crippen LogP contribution in [0.15, 0.2) is 12.1 Å². The van der Waals surface area contributed by atoms with Crippen LogP contribution >= 0.6 is 22.6 Å². The Morgan fingerprint density at radius 2 is 1.62 bits per heavy atom. The van der Waals surface area contributed by atoms with Gasteiger partial charge in [-0.05, 0) is 65.3 Å². The maximum absolute atomic E-state index is 12.0. The third-order valence-electron chi connectivity index (χ3n) is 2.83. The summed E-state index contributed by atoms with van der Waals surface area (Å²) in [7, 11) is 0. The molecule has 2 heteroatoms. The van der Waals surface area contributed by atoms with Crippen molar-refractivity contribution in [1.82, 2.24) is 0 Å². The lowest BCUT2D eigenvalue weighted by molar-refractivity contribution is -0.125. The van der Waals surface area contributed by atoms with E-state index >= 15 is 0 Å². The van der Waals surface area contributed by atoms with E-state index in [1.165, 1.54) is 20.3 Å². The van der Waals surface area contributed by atoms with Crippen molar-refractivity contribution in [2.24, 2.45) is 5.41 Å². The van der Waals surface area contributed by atoms with Crippen molar-refractivity contribution in [3.8, 4) is 0 Å². The molecule has 0 amide bonds. The lowest BCUT2D eigenvalue weighted by Gasteiger charge is -2.18. The minimum absolute atomic E-state index is 0.248. The molecular formula is C14H19IO. The van der Waals surface area contributed by atoms with Gasteiger partial charge in [0.2, 0.25) is 0 Å². The summed E-state index contributed by atoms with van der Waals surface area (Å²) in [6, 6.07) is 4.28. The fraction of sp³-hybridized carbons (Fsp3) is 0.500. The van der Waals surface area contributed by atoms with E-state index in [1.54, 1.807) is 0 Å². The zero-order chi connectivity index (χ0) is 12.5. The molecule has 1 aromatic carbocycles. The van der Waals surface area contributed by atoms with E-state index in [-0.39, 0.29) is 5.41 Å². The summed E-state index contributed by atoms with van der Waals surface area (Å²) < 4.78 is 1.24. The third-order valence-corrected chi connectivity index (χ3v) is 3.46. The Kier molecular flexibility index (Phi) is 4.16. The zero-order valence-corrected chi connectivity index (χ0v) is 12.8. The Morgan fingerprint density at radius 1 is 1.19 bits per heavy atom. The number of ketones is 1. The predicted molar refractivity (Wildman–Crippen MR) is 76.8 cm³/mol. The number of hydrogen-bond donors (Lipinski definition) is 0. The van der Waals surface area contributed by atoms with E-state index in [1.807, 2.05) is 20.8 Å². The quantitative estimate of drug-likeness (QED) is 0.747. The van der Waals surface area contributed by atoms with E-state index in [0.29, 0.717) is 12.2 Å². The third kappa shape index (κ3) is 3.30. The number of carbonyl (C=O) groups is 1. The second-order valence-electron chi connectivity index (χ2n) is 5.37. The highest BCUT2D eigenvalue weighted by Crippen LogP contribution is 2.23. The van der Waals surface area contributed by atoms with Crippen LogP contribution in [-0.4, -0.2) is 5.78 Å². The van der Waals surface area contributed by atoms with E-state index < -0.39 is 0 Å². The van der Waals surface area contributed by atoms with Gasteiger partial charge in [-0.3, -0.25) is 4.79 Å². The van der Waals surface area contributed by atoms with Gasteiger partial charge in [0.05, 0.1) is 0 Å². The van der Waals surface area contributed by atoms with Gasteiger partial charge in [-0.2, -0.15) is 0 Å². The highest BCUT2D eigenvalue weighted by Gasteiger charge is 2.22. The number of aryl methyl sites for hydroxylation is 2. The monoisotopic (exact) mass is 330 g/mol. The summed E-state index contributed by atoms with van der Waals surface area (Å²) in [5, 5.41) is 0. The first-order chi connectivity index (χ1) is 7.21. The molecule has 0 radical (unpaired) electrons. The molecule has 0 aliphatic carbocycles. The predicted octanol–water partition coefficient (Wildman–Crippen LogP) is 4.07. The molecule has 0 saturated heterocycles. The molecule has 0 aliphatic heterocycles. The molecule has 1 rings (SSSR count). The van der Waals surface area contributed by atoms with Gasteiger partial charge in [0.15, 0.2) is 0 Å². The zero-order valence-electron chi connectivity index (χ0n) is 10.6. The largest absolute Gasteiger partial charge is 0.299 e. The minimum atomic E-state index is -0.248. The molecule has 0 saturated carbocycles. The first kappa shape index (κ1) is 13.7. The van der Waals surface area contributed by atoms with E-state index in [9.17, 15) is 4.79 Å². The maximum Gasteiger partial charge on any atom is 0.142 e. The molecule has 0 heterocycles. The second-order valence-corrected chi connectivity index (χ2v) is 6.61. The summed E-state index contributed by atoms with van der Waals surface area (Å²) >= 11 is 2.31. The van der Waals surface area contributed by atoms with Crippen molar-refractivity contribution in [2.75, 3.05) is 0 Å². The number of carbonyl (C=O) groups excluding carboxylic acids is 1. The van der Waals surface area contributed by atoms with Crippen molar-refractivity contribution in [2.45, 2.75) is 41.0 Å². The van der Waals surface area contributed by atoms with Crippen LogP contribution in [0.1, 0.15) is 37.5 Å². The Hall–Kier alpha value is -0.380. The van der Waals surface area contributed by atoms with Crippen molar-refractivity contribution in [3.05, 3.63) is 32.4 Å². The van der Waals surface area contributed by atoms with Crippen LogP contribution in [0.2, 0.25) is 0 Å². The fourth-order valence-electron chi connectivity index (χ4n) is 1.65. The Bertz CT molecular complexity index is 390. The van der Waals surface area contributed by atoms with E-state index in [2.05, 4.69) is 48.6 Å². The summed E-state index contributed by atoms with van der Waals surface area (Å²) in [5.41, 5.74) is 3.39. The van der Waals surface area contributed by atoms with Gasteiger partial charge < -0.3 is 0 Å². The number of Topliss-reactive ketones (excluding diaryl/α,β-unsaturated/α-hetero) is 1. The summed E-state index contributed by atoms with van der Waals surface area (Å²) in [6.07, 6.45) is 0.554. The van der Waals surface area contributed by atoms with E-state index in [0.717, 1.165) is 0 Å². The molecule has 0 spiro atoms. The molecule has 88 valence electrons. The van der Waals surface area contributed by atoms with Crippen LogP contribution in [-0.2, 0) is 11.2 Å². The van der Waals surface area contributed by atoms with E-state index in [4.69, 9.17) is 0 Å². The SMILES string of the molecule is Cc1cc(I)cc(C)c1CC(=O)C(C)(C)C. The smallest absolute Gasteiger partial charge is 0.142 e. The molecular weight excluding hydrogens is 311 g/mol. The van der Waals surface area contributed by atoms with Gasteiger partial charge in [0.1, 0.15) is 5.78 Å². The van der Waals surface area contributed by atoms with Gasteiger partial charge in [-0.25, -0.2) is 0 Å². The topological polar surface area (TPSA) is 17.1 Å². The lowest BCUT2D eigenvalue weighted by atomic mass is 9.85. The first-order valence-corrected chi connectivity index (χ1v) is 6.58. The highest BCUT2D eigenvalue weighted by atomic mass is 127. The van der Waals surface area contributed by atoms with Crippen LogP contribution in [0, 0.1) is 22.8 Å². The number of benzene rings is 1. The highest BCUT2D eigenvalue weighted by molar-refractivity contribution is 14.1. The lowest BCUT2D eigenvalue weighted by Crippen LogP contribution is -2.22. The molecule has 0 unspecified atom stereocenters. The molecule has 0 fully saturated rings. The van der Waals surface area contributed by atoms with Crippen molar-refractivity contribution < 1.29 is 4.79 Å². The maximum atomic E-state index is 12.0. The summed E-state index contributed by atoms with van der Waals surface area (Å²) in [5.74, 6) is 0.305. The standard InChI is InChI=1S/C14H19IO/c1-9-6-11(15)7-10(2)12(9)8-13(16)14(3,4)5/h6-7H,8H2,1-5H3. The normalized spacial score (nSPS) is 11.6. The number of halogens is 1. The minimum Gasteiger partial charge on any atom is -0.299 e. The first-order valence-electron chi connectivity index (χ1n) is 5.50. The average molecular weight is 330 g/mol. The molecule has 0 aliphatic rings. The Morgan fingerprint density at radius 3 is 2.00 bits per heavy atom. The van der Waals surface area contributed by atoms with Crippen molar-refractivity contribution in [3.63, 3.8) is 0 Å². The molecule has 0 N–H and O–H groups in total. The summed E-state index contributed by atoms with van der Waals surface area (Å²) in [6.45, 7) is 10.1. The van der Waals surface area contributed by atoms with Gasteiger partial charge in [0.25, 0.3) is 0 Å². The molecule has 16 heavy (non-hydrogen) atoms. The van der Waals surface area contributed by atoms with Gasteiger partial charge >= 0.3 is 0 Å². The number of rotatable bonds is 2. The van der Waals surface area contributed by atoms with Crippen LogP contribution in [0.5, 0.6) is 0 Å². The van der Waals surface area contributed by atoms with Crippen molar-refractivity contribution >= 4 is 28.4 Å². The summed E-state index contributed by atoms with van der Waals surface area (Å²) in [4.78, 5) is 12.0. The van der Waals surface area contributed by atoms with Crippen LogP contribution in [0.3, 0.4) is 0 Å². The van der Waals surface area contributed by atoms with Crippen LogP contribution < -0.4 is 0 Å². The second kappa shape index (κ2) is 4.86. The van der Waals surface area contributed by atoms with Gasteiger partial charge in [-0.15, -0.1) is 0 Å². The number of hydrogen-bond acceptors (Lipinski definition) is 1. The molecule has 0 atom stereocenters. The van der Waals surface area contributed by atoms with Crippen molar-refractivity contribution in [1.29, 1.82) is 0 Å². The average Bonchev–Trinajstić information content (AvgIpc) is 2.08. The molecule has 1 aromatic rings. The fourth-order valence-corrected chi connectivity index (χ4v) is 2.58. The Balaban J connectivity index is 3.03. The van der Waals surface area contributed by atoms with Crippen LogP contribution in [0.4, 0.5) is 0 Å². The molecule has 0 bridgehead atoms. The van der Waals surface area contributed by atoms with Gasteiger partial charge in [-0.1, -0.05) is 20.8 Å². The van der Waals surface area contributed by atoms with Crippen LogP contribution in [0.25, 0.3) is 0 Å². The Labute approximate surface area is 112 Å². The molecule has 1 nitrogen and oxygen atoms in total. The van der Waals surface area contributed by atoms with Gasteiger partial charge in [0, 0.05) is 15.4 Å². The molecule has 0 aromatic heterocycles.